The summed E-state index contributed by atoms with van der Waals surface area (Å²) < 4.78 is 5.78. The summed E-state index contributed by atoms with van der Waals surface area (Å²) in [5.74, 6) is 2.57. The first-order chi connectivity index (χ1) is 12.3. The maximum absolute atomic E-state index is 5.78. The highest BCUT2D eigenvalue weighted by molar-refractivity contribution is 14.0. The number of para-hydroxylation sites is 1. The quantitative estimate of drug-likeness (QED) is 0.321. The first-order valence-corrected chi connectivity index (χ1v) is 9.41. The topological polar surface area (TPSA) is 40.1 Å². The van der Waals surface area contributed by atoms with E-state index in [0.29, 0.717) is 12.0 Å². The number of ether oxygens (including phenoxy) is 1. The van der Waals surface area contributed by atoms with E-state index < -0.39 is 0 Å². The van der Waals surface area contributed by atoms with E-state index in [2.05, 4.69) is 50.5 Å². The molecule has 5 nitrogen and oxygen atoms in total. The Kier molecular flexibility index (Phi) is 6.80. The van der Waals surface area contributed by atoms with Gasteiger partial charge in [0.15, 0.2) is 5.96 Å². The minimum Gasteiger partial charge on any atom is -0.493 e. The minimum absolute atomic E-state index is 0. The molecule has 1 aromatic rings. The highest BCUT2D eigenvalue weighted by Crippen LogP contribution is 2.32. The molecule has 0 bridgehead atoms. The van der Waals surface area contributed by atoms with Crippen molar-refractivity contribution in [2.24, 2.45) is 4.99 Å². The van der Waals surface area contributed by atoms with Crippen LogP contribution in [0.1, 0.15) is 24.3 Å². The number of halogens is 1. The molecule has 3 heterocycles. The van der Waals surface area contributed by atoms with Gasteiger partial charge in [-0.05, 0) is 24.5 Å². The number of aliphatic imine (C=N–C) groups is 1. The van der Waals surface area contributed by atoms with E-state index >= 15 is 0 Å². The van der Waals surface area contributed by atoms with Crippen LogP contribution in [0, 0.1) is 0 Å². The molecule has 1 saturated heterocycles. The second-order valence-electron chi connectivity index (χ2n) is 7.11. The van der Waals surface area contributed by atoms with E-state index in [-0.39, 0.29) is 24.0 Å². The first kappa shape index (κ1) is 19.5. The van der Waals surface area contributed by atoms with Crippen molar-refractivity contribution in [3.63, 3.8) is 0 Å². The van der Waals surface area contributed by atoms with Gasteiger partial charge in [-0.2, -0.15) is 0 Å². The Labute approximate surface area is 173 Å². The number of guanidine groups is 1. The summed E-state index contributed by atoms with van der Waals surface area (Å²) in [4.78, 5) is 9.51. The van der Waals surface area contributed by atoms with Crippen molar-refractivity contribution in [1.29, 1.82) is 0 Å². The number of likely N-dealkylation sites (tertiary alicyclic amines) is 1. The Morgan fingerprint density at radius 2 is 2.04 bits per heavy atom. The SMILES string of the molecule is CN=C(NCC1CCOc2ccccc21)N1CCC(N2CC=CC2)C1.I. The zero-order valence-electron chi connectivity index (χ0n) is 15.4. The normalized spacial score (nSPS) is 25.6. The van der Waals surface area contributed by atoms with Gasteiger partial charge in [-0.25, -0.2) is 0 Å². The molecule has 6 heteroatoms. The third-order valence-electron chi connectivity index (χ3n) is 5.63. The predicted octanol–water partition coefficient (Wildman–Crippen LogP) is 2.69. The van der Waals surface area contributed by atoms with Crippen LogP contribution in [0.4, 0.5) is 0 Å². The van der Waals surface area contributed by atoms with Crippen LogP contribution in [0.15, 0.2) is 41.4 Å². The molecule has 2 unspecified atom stereocenters. The van der Waals surface area contributed by atoms with Crippen molar-refractivity contribution in [2.45, 2.75) is 24.8 Å². The van der Waals surface area contributed by atoms with Crippen molar-refractivity contribution in [3.8, 4) is 5.75 Å². The summed E-state index contributed by atoms with van der Waals surface area (Å²) >= 11 is 0. The maximum atomic E-state index is 5.78. The van der Waals surface area contributed by atoms with E-state index in [1.54, 1.807) is 0 Å². The van der Waals surface area contributed by atoms with Gasteiger partial charge >= 0.3 is 0 Å². The molecule has 1 aromatic carbocycles. The Morgan fingerprint density at radius 1 is 1.23 bits per heavy atom. The van der Waals surface area contributed by atoms with Gasteiger partial charge in [-0.3, -0.25) is 9.89 Å². The number of nitrogens with zero attached hydrogens (tertiary/aromatic N) is 3. The van der Waals surface area contributed by atoms with Crippen LogP contribution in [0.25, 0.3) is 0 Å². The van der Waals surface area contributed by atoms with Crippen LogP contribution in [0.5, 0.6) is 5.75 Å². The molecular weight excluding hydrogens is 439 g/mol. The second kappa shape index (κ2) is 9.08. The van der Waals surface area contributed by atoms with Gasteiger partial charge < -0.3 is 15.0 Å². The molecule has 0 spiro atoms. The summed E-state index contributed by atoms with van der Waals surface area (Å²) in [7, 11) is 1.89. The standard InChI is InChI=1S/C20H28N4O.HI/c1-21-20(24-12-8-17(15-24)23-10-4-5-11-23)22-14-16-9-13-25-19-7-3-2-6-18(16)19;/h2-7,16-17H,8-15H2,1H3,(H,21,22);1H. The number of benzene rings is 1. The number of fused-ring (bicyclic) bond motifs is 1. The second-order valence-corrected chi connectivity index (χ2v) is 7.11. The van der Waals surface area contributed by atoms with E-state index in [9.17, 15) is 0 Å². The molecule has 3 aliphatic heterocycles. The molecule has 0 aliphatic carbocycles. The molecule has 0 aromatic heterocycles. The van der Waals surface area contributed by atoms with Gasteiger partial charge in [0, 0.05) is 51.7 Å². The smallest absolute Gasteiger partial charge is 0.193 e. The van der Waals surface area contributed by atoms with Gasteiger partial charge in [0.25, 0.3) is 0 Å². The Balaban J connectivity index is 0.00000196. The molecule has 0 saturated carbocycles. The van der Waals surface area contributed by atoms with Crippen molar-refractivity contribution in [2.75, 3.05) is 46.4 Å². The molecule has 0 amide bonds. The molecule has 1 N–H and O–H groups in total. The van der Waals surface area contributed by atoms with Crippen LogP contribution in [0.2, 0.25) is 0 Å². The fraction of sp³-hybridized carbons (Fsp3) is 0.550. The van der Waals surface area contributed by atoms with Crippen LogP contribution in [-0.2, 0) is 0 Å². The molecule has 4 rings (SSSR count). The van der Waals surface area contributed by atoms with Gasteiger partial charge in [-0.1, -0.05) is 30.4 Å². The largest absolute Gasteiger partial charge is 0.493 e. The van der Waals surface area contributed by atoms with Crippen LogP contribution in [-0.4, -0.2) is 68.2 Å². The highest BCUT2D eigenvalue weighted by atomic mass is 127. The fourth-order valence-electron chi connectivity index (χ4n) is 4.20. The lowest BCUT2D eigenvalue weighted by Crippen LogP contribution is -2.44. The van der Waals surface area contributed by atoms with Crippen molar-refractivity contribution in [3.05, 3.63) is 42.0 Å². The Morgan fingerprint density at radius 3 is 2.85 bits per heavy atom. The summed E-state index contributed by atoms with van der Waals surface area (Å²) in [6.45, 7) is 6.08. The fourth-order valence-corrected chi connectivity index (χ4v) is 4.20. The highest BCUT2D eigenvalue weighted by Gasteiger charge is 2.30. The number of hydrogen-bond donors (Lipinski definition) is 1. The average Bonchev–Trinajstić information content (AvgIpc) is 3.34. The predicted molar refractivity (Wildman–Crippen MR) is 117 cm³/mol. The molecule has 0 radical (unpaired) electrons. The first-order valence-electron chi connectivity index (χ1n) is 9.41. The zero-order valence-corrected chi connectivity index (χ0v) is 17.8. The average molecular weight is 468 g/mol. The lowest BCUT2D eigenvalue weighted by atomic mass is 9.93. The Bertz CT molecular complexity index is 655. The molecule has 1 fully saturated rings. The molecule has 26 heavy (non-hydrogen) atoms. The van der Waals surface area contributed by atoms with Crippen molar-refractivity contribution >= 4 is 29.9 Å². The van der Waals surface area contributed by atoms with Gasteiger partial charge in [-0.15, -0.1) is 24.0 Å². The van der Waals surface area contributed by atoms with Crippen LogP contribution >= 0.6 is 24.0 Å². The number of hydrogen-bond acceptors (Lipinski definition) is 3. The van der Waals surface area contributed by atoms with E-state index in [1.165, 1.54) is 12.0 Å². The van der Waals surface area contributed by atoms with Crippen molar-refractivity contribution in [1.82, 2.24) is 15.1 Å². The van der Waals surface area contributed by atoms with Gasteiger partial charge in [0.2, 0.25) is 0 Å². The van der Waals surface area contributed by atoms with Gasteiger partial charge in [0.05, 0.1) is 6.61 Å². The lowest BCUT2D eigenvalue weighted by Gasteiger charge is -2.29. The Hall–Kier alpha value is -1.28. The monoisotopic (exact) mass is 468 g/mol. The third kappa shape index (κ3) is 4.17. The maximum Gasteiger partial charge on any atom is 0.193 e. The number of rotatable bonds is 3. The number of nitrogens with one attached hydrogen (secondary N) is 1. The van der Waals surface area contributed by atoms with E-state index in [1.807, 2.05) is 13.1 Å². The molecular formula is C20H29IN4O. The van der Waals surface area contributed by atoms with E-state index in [4.69, 9.17) is 4.74 Å². The zero-order chi connectivity index (χ0) is 17.1. The molecule has 142 valence electrons. The van der Waals surface area contributed by atoms with Crippen molar-refractivity contribution < 1.29 is 4.74 Å². The molecule has 2 atom stereocenters. The summed E-state index contributed by atoms with van der Waals surface area (Å²) in [5.41, 5.74) is 1.32. The molecule has 3 aliphatic rings. The summed E-state index contributed by atoms with van der Waals surface area (Å²) in [6, 6.07) is 9.06. The van der Waals surface area contributed by atoms with E-state index in [0.717, 1.165) is 57.5 Å². The summed E-state index contributed by atoms with van der Waals surface area (Å²) in [6.07, 6.45) is 6.84. The lowest BCUT2D eigenvalue weighted by molar-refractivity contribution is 0.258. The minimum atomic E-state index is 0. The van der Waals surface area contributed by atoms with Crippen LogP contribution < -0.4 is 10.1 Å². The van der Waals surface area contributed by atoms with Gasteiger partial charge in [0.1, 0.15) is 5.75 Å². The third-order valence-corrected chi connectivity index (χ3v) is 5.63. The summed E-state index contributed by atoms with van der Waals surface area (Å²) in [5, 5.41) is 3.62. The van der Waals surface area contributed by atoms with Crippen LogP contribution in [0.3, 0.4) is 0 Å².